The van der Waals surface area contributed by atoms with Crippen LogP contribution in [0, 0.1) is 0 Å². The van der Waals surface area contributed by atoms with E-state index in [0.29, 0.717) is 0 Å². The fourth-order valence-electron chi connectivity index (χ4n) is 2.16. The molecular weight excluding hydrogens is 341 g/mol. The van der Waals surface area contributed by atoms with Crippen molar-refractivity contribution in [3.63, 3.8) is 0 Å². The van der Waals surface area contributed by atoms with Gasteiger partial charge in [0.05, 0.1) is 17.2 Å². The summed E-state index contributed by atoms with van der Waals surface area (Å²) in [6, 6.07) is 7.93. The van der Waals surface area contributed by atoms with Crippen molar-refractivity contribution in [3.05, 3.63) is 52.5 Å². The van der Waals surface area contributed by atoms with Crippen LogP contribution in [0.4, 0.5) is 13.2 Å². The zero-order valence-electron chi connectivity index (χ0n) is 12.1. The predicted octanol–water partition coefficient (Wildman–Crippen LogP) is 3.27. The lowest BCUT2D eigenvalue weighted by molar-refractivity contribution is -0.147. The molecule has 2 heterocycles. The van der Waals surface area contributed by atoms with E-state index in [1.165, 1.54) is 29.7 Å². The van der Waals surface area contributed by atoms with Crippen molar-refractivity contribution in [2.45, 2.75) is 12.7 Å². The van der Waals surface area contributed by atoms with E-state index in [4.69, 9.17) is 0 Å². The molecule has 2 aromatic heterocycles. The minimum atomic E-state index is -4.65. The quantitative estimate of drug-likeness (QED) is 0.579. The number of imidazole rings is 1. The van der Waals surface area contributed by atoms with Crippen molar-refractivity contribution in [2.24, 2.45) is 5.10 Å². The normalized spacial score (nSPS) is 12.1. The summed E-state index contributed by atoms with van der Waals surface area (Å²) < 4.78 is 40.2. The molecule has 3 aromatic rings. The molecule has 3 rings (SSSR count). The highest BCUT2D eigenvalue weighted by Gasteiger charge is 2.37. The van der Waals surface area contributed by atoms with Crippen LogP contribution in [0.25, 0.3) is 11.0 Å². The highest BCUT2D eigenvalue weighted by atomic mass is 32.1. The maximum atomic E-state index is 13.1. The van der Waals surface area contributed by atoms with E-state index >= 15 is 0 Å². The van der Waals surface area contributed by atoms with Crippen molar-refractivity contribution >= 4 is 34.5 Å². The van der Waals surface area contributed by atoms with E-state index in [1.807, 2.05) is 10.8 Å². The Morgan fingerprint density at radius 1 is 1.33 bits per heavy atom. The van der Waals surface area contributed by atoms with Gasteiger partial charge in [-0.25, -0.2) is 10.4 Å². The average molecular weight is 352 g/mol. The fraction of sp³-hybridized carbons (Fsp3) is 0.133. The van der Waals surface area contributed by atoms with Crippen molar-refractivity contribution < 1.29 is 18.0 Å². The van der Waals surface area contributed by atoms with Crippen LogP contribution < -0.4 is 5.43 Å². The standard InChI is InChI=1S/C15H11F3N4OS/c16-15(17,18)14-20-11-3-1-2-4-12(11)22(14)8-13(23)21-19-7-10-5-6-24-9-10/h1-7,9H,8H2,(H,21,23)/b19-7+. The van der Waals surface area contributed by atoms with E-state index in [1.54, 1.807) is 18.2 Å². The first kappa shape index (κ1) is 16.2. The number of hydrazone groups is 1. The molecule has 9 heteroatoms. The van der Waals surface area contributed by atoms with Gasteiger partial charge in [-0.05, 0) is 29.0 Å². The van der Waals surface area contributed by atoms with Gasteiger partial charge in [-0.1, -0.05) is 12.1 Å². The highest BCUT2D eigenvalue weighted by Crippen LogP contribution is 2.31. The Morgan fingerprint density at radius 2 is 2.12 bits per heavy atom. The van der Waals surface area contributed by atoms with E-state index in [2.05, 4.69) is 15.5 Å². The van der Waals surface area contributed by atoms with Crippen LogP contribution in [0.2, 0.25) is 0 Å². The molecule has 0 bridgehead atoms. The van der Waals surface area contributed by atoms with Gasteiger partial charge in [-0.2, -0.15) is 29.6 Å². The molecule has 24 heavy (non-hydrogen) atoms. The number of thiophene rings is 1. The fourth-order valence-corrected chi connectivity index (χ4v) is 2.77. The largest absolute Gasteiger partial charge is 0.449 e. The first-order chi connectivity index (χ1) is 11.4. The van der Waals surface area contributed by atoms with E-state index in [0.717, 1.165) is 10.1 Å². The van der Waals surface area contributed by atoms with Crippen molar-refractivity contribution in [2.75, 3.05) is 0 Å². The van der Waals surface area contributed by atoms with Gasteiger partial charge in [0.2, 0.25) is 5.82 Å². The lowest BCUT2D eigenvalue weighted by Crippen LogP contribution is -2.26. The zero-order valence-corrected chi connectivity index (χ0v) is 12.9. The topological polar surface area (TPSA) is 59.3 Å². The summed E-state index contributed by atoms with van der Waals surface area (Å²) in [4.78, 5) is 15.5. The highest BCUT2D eigenvalue weighted by molar-refractivity contribution is 7.08. The van der Waals surface area contributed by atoms with Crippen LogP contribution >= 0.6 is 11.3 Å². The van der Waals surface area contributed by atoms with Crippen molar-refractivity contribution in [3.8, 4) is 0 Å². The lowest BCUT2D eigenvalue weighted by atomic mass is 10.3. The molecule has 0 atom stereocenters. The molecule has 5 nitrogen and oxygen atoms in total. The van der Waals surface area contributed by atoms with Gasteiger partial charge in [-0.15, -0.1) is 0 Å². The van der Waals surface area contributed by atoms with Crippen molar-refractivity contribution in [1.82, 2.24) is 15.0 Å². The lowest BCUT2D eigenvalue weighted by Gasteiger charge is -2.10. The first-order valence-corrected chi connectivity index (χ1v) is 7.76. The molecule has 0 spiro atoms. The number of nitrogens with zero attached hydrogens (tertiary/aromatic N) is 3. The van der Waals surface area contributed by atoms with Gasteiger partial charge in [0.1, 0.15) is 6.54 Å². The molecule has 1 aromatic carbocycles. The molecule has 1 amide bonds. The molecule has 0 saturated carbocycles. The summed E-state index contributed by atoms with van der Waals surface area (Å²) in [6.45, 7) is -0.531. The second kappa shape index (κ2) is 6.44. The van der Waals surface area contributed by atoms with Gasteiger partial charge in [0, 0.05) is 5.56 Å². The van der Waals surface area contributed by atoms with Crippen LogP contribution in [0.15, 0.2) is 46.2 Å². The molecule has 124 valence electrons. The summed E-state index contributed by atoms with van der Waals surface area (Å²) in [5, 5.41) is 7.40. The minimum absolute atomic E-state index is 0.180. The van der Waals surface area contributed by atoms with Gasteiger partial charge in [0.15, 0.2) is 0 Å². The van der Waals surface area contributed by atoms with Crippen LogP contribution in [-0.2, 0) is 17.5 Å². The smallest absolute Gasteiger partial charge is 0.311 e. The second-order valence-corrected chi connectivity index (χ2v) is 5.64. The molecule has 0 aliphatic carbocycles. The first-order valence-electron chi connectivity index (χ1n) is 6.82. The number of para-hydroxylation sites is 2. The molecule has 1 N–H and O–H groups in total. The Balaban J connectivity index is 1.82. The molecule has 0 saturated heterocycles. The van der Waals surface area contributed by atoms with E-state index in [-0.39, 0.29) is 11.0 Å². The molecule has 0 radical (unpaired) electrons. The summed E-state index contributed by atoms with van der Waals surface area (Å²) >= 11 is 1.47. The summed E-state index contributed by atoms with van der Waals surface area (Å²) in [6.07, 6.45) is -3.23. The number of rotatable bonds is 4. The Morgan fingerprint density at radius 3 is 2.83 bits per heavy atom. The number of carbonyl (C=O) groups is 1. The third kappa shape index (κ3) is 3.46. The number of carbonyl (C=O) groups excluding carboxylic acids is 1. The summed E-state index contributed by atoms with van der Waals surface area (Å²) in [5.41, 5.74) is 3.44. The number of amides is 1. The van der Waals surface area contributed by atoms with Crippen LogP contribution in [-0.4, -0.2) is 21.7 Å². The molecular formula is C15H11F3N4OS. The number of benzene rings is 1. The maximum absolute atomic E-state index is 13.1. The third-order valence-corrected chi connectivity index (χ3v) is 3.86. The Kier molecular flexibility index (Phi) is 4.34. The van der Waals surface area contributed by atoms with Gasteiger partial charge >= 0.3 is 6.18 Å². The summed E-state index contributed by atoms with van der Waals surface area (Å²) in [5.74, 6) is -1.78. The number of alkyl halides is 3. The van der Waals surface area contributed by atoms with Crippen LogP contribution in [0.3, 0.4) is 0 Å². The van der Waals surface area contributed by atoms with Crippen LogP contribution in [0.5, 0.6) is 0 Å². The average Bonchev–Trinajstić information content (AvgIpc) is 3.15. The number of hydrogen-bond donors (Lipinski definition) is 1. The number of aromatic nitrogens is 2. The predicted molar refractivity (Wildman–Crippen MR) is 84.8 cm³/mol. The number of halogens is 3. The second-order valence-electron chi connectivity index (χ2n) is 4.86. The monoisotopic (exact) mass is 352 g/mol. The molecule has 0 fully saturated rings. The number of fused-ring (bicyclic) bond motifs is 1. The zero-order chi connectivity index (χ0) is 17.2. The third-order valence-electron chi connectivity index (χ3n) is 3.16. The Hall–Kier alpha value is -2.68. The van der Waals surface area contributed by atoms with Gasteiger partial charge in [0.25, 0.3) is 5.91 Å². The SMILES string of the molecule is O=C(Cn1c(C(F)(F)F)nc2ccccc21)N/N=C/c1ccsc1. The van der Waals surface area contributed by atoms with Gasteiger partial charge in [-0.3, -0.25) is 4.79 Å². The maximum Gasteiger partial charge on any atom is 0.449 e. The molecule has 0 aliphatic rings. The van der Waals surface area contributed by atoms with E-state index < -0.39 is 24.5 Å². The van der Waals surface area contributed by atoms with E-state index in [9.17, 15) is 18.0 Å². The molecule has 0 unspecified atom stereocenters. The number of nitrogens with one attached hydrogen (secondary N) is 1. The Labute approximate surface area is 138 Å². The Bertz CT molecular complexity index is 884. The minimum Gasteiger partial charge on any atom is -0.311 e. The summed E-state index contributed by atoms with van der Waals surface area (Å²) in [7, 11) is 0. The van der Waals surface area contributed by atoms with Crippen molar-refractivity contribution in [1.29, 1.82) is 0 Å². The van der Waals surface area contributed by atoms with Crippen LogP contribution in [0.1, 0.15) is 11.4 Å². The molecule has 0 aliphatic heterocycles. The van der Waals surface area contributed by atoms with Gasteiger partial charge < -0.3 is 4.57 Å². The number of hydrogen-bond acceptors (Lipinski definition) is 4.